The Balaban J connectivity index is 1.68. The van der Waals surface area contributed by atoms with Gasteiger partial charge in [-0.15, -0.1) is 0 Å². The molecule has 1 aromatic rings. The summed E-state index contributed by atoms with van der Waals surface area (Å²) < 4.78 is 10.9. The Kier molecular flexibility index (Phi) is 6.24. The van der Waals surface area contributed by atoms with E-state index in [-0.39, 0.29) is 11.9 Å². The number of carbonyl (C=O) groups is 1. The van der Waals surface area contributed by atoms with Crippen LogP contribution in [-0.2, 0) is 9.47 Å². The molecule has 132 valence electrons. The molecule has 1 aromatic carbocycles. The lowest BCUT2D eigenvalue weighted by atomic mass is 10.0. The fourth-order valence-corrected chi connectivity index (χ4v) is 3.38. The Hall–Kier alpha value is -1.43. The first-order valence-electron chi connectivity index (χ1n) is 8.99. The minimum Gasteiger partial charge on any atom is -0.381 e. The van der Waals surface area contributed by atoms with E-state index >= 15 is 0 Å². The van der Waals surface area contributed by atoms with Gasteiger partial charge in [-0.25, -0.2) is 0 Å². The van der Waals surface area contributed by atoms with Gasteiger partial charge in [0.1, 0.15) is 0 Å². The molecule has 5 nitrogen and oxygen atoms in total. The predicted octanol–water partition coefficient (Wildman–Crippen LogP) is 1.95. The number of hydrogen-bond acceptors (Lipinski definition) is 4. The van der Waals surface area contributed by atoms with Crippen LogP contribution in [0.25, 0.3) is 0 Å². The maximum Gasteiger partial charge on any atom is 0.254 e. The number of hydrogen-bond donors (Lipinski definition) is 0. The summed E-state index contributed by atoms with van der Waals surface area (Å²) in [6, 6.07) is 8.19. The molecule has 1 amide bonds. The van der Waals surface area contributed by atoms with Gasteiger partial charge in [-0.1, -0.05) is 17.7 Å². The summed E-state index contributed by atoms with van der Waals surface area (Å²) >= 11 is 0. The number of ether oxygens (including phenoxy) is 2. The summed E-state index contributed by atoms with van der Waals surface area (Å²) in [6.45, 7) is 8.74. The van der Waals surface area contributed by atoms with Crippen molar-refractivity contribution in [3.05, 3.63) is 35.4 Å². The van der Waals surface area contributed by atoms with E-state index in [9.17, 15) is 4.79 Å². The van der Waals surface area contributed by atoms with Gasteiger partial charge in [-0.2, -0.15) is 0 Å². The van der Waals surface area contributed by atoms with Crippen molar-refractivity contribution in [3.63, 3.8) is 0 Å². The van der Waals surface area contributed by atoms with Crippen LogP contribution in [0.3, 0.4) is 0 Å². The van der Waals surface area contributed by atoms with Crippen LogP contribution in [0.5, 0.6) is 0 Å². The molecule has 0 N–H and O–H groups in total. The maximum absolute atomic E-state index is 13.1. The third-order valence-corrected chi connectivity index (χ3v) is 4.95. The van der Waals surface area contributed by atoms with E-state index in [0.717, 1.165) is 71.0 Å². The van der Waals surface area contributed by atoms with Gasteiger partial charge in [0.15, 0.2) is 0 Å². The molecule has 2 heterocycles. The number of benzene rings is 1. The zero-order chi connectivity index (χ0) is 16.8. The lowest BCUT2D eigenvalue weighted by Crippen LogP contribution is -2.48. The van der Waals surface area contributed by atoms with E-state index in [1.807, 2.05) is 31.2 Å². The minimum absolute atomic E-state index is 0.148. The average Bonchev–Trinajstić information content (AvgIpc) is 2.64. The molecular weight excluding hydrogens is 304 g/mol. The largest absolute Gasteiger partial charge is 0.381 e. The lowest BCUT2D eigenvalue weighted by molar-refractivity contribution is 0.0141. The second kappa shape index (κ2) is 8.60. The van der Waals surface area contributed by atoms with Gasteiger partial charge < -0.3 is 14.4 Å². The van der Waals surface area contributed by atoms with E-state index < -0.39 is 0 Å². The van der Waals surface area contributed by atoms with E-state index in [1.54, 1.807) is 0 Å². The zero-order valence-corrected chi connectivity index (χ0v) is 14.6. The number of carbonyl (C=O) groups excluding carboxylic acids is 1. The van der Waals surface area contributed by atoms with Gasteiger partial charge in [-0.3, -0.25) is 9.69 Å². The fourth-order valence-electron chi connectivity index (χ4n) is 3.38. The van der Waals surface area contributed by atoms with Crippen molar-refractivity contribution in [3.8, 4) is 0 Å². The third kappa shape index (κ3) is 4.56. The Bertz CT molecular complexity index is 520. The second-order valence-electron chi connectivity index (χ2n) is 6.66. The number of morpholine rings is 1. The van der Waals surface area contributed by atoms with Crippen molar-refractivity contribution >= 4 is 5.91 Å². The topological polar surface area (TPSA) is 42.0 Å². The van der Waals surface area contributed by atoms with Crippen molar-refractivity contribution in [1.82, 2.24) is 9.80 Å². The zero-order valence-electron chi connectivity index (χ0n) is 14.6. The number of rotatable bonds is 5. The van der Waals surface area contributed by atoms with Gasteiger partial charge in [0.2, 0.25) is 0 Å². The maximum atomic E-state index is 13.1. The first kappa shape index (κ1) is 17.4. The summed E-state index contributed by atoms with van der Waals surface area (Å²) in [5.74, 6) is 0.148. The highest BCUT2D eigenvalue weighted by molar-refractivity contribution is 5.94. The summed E-state index contributed by atoms with van der Waals surface area (Å²) in [5.41, 5.74) is 1.96. The lowest BCUT2D eigenvalue weighted by Gasteiger charge is -2.36. The molecule has 0 bridgehead atoms. The Morgan fingerprint density at radius 2 is 1.71 bits per heavy atom. The quantitative estimate of drug-likeness (QED) is 0.826. The molecule has 0 saturated carbocycles. The van der Waals surface area contributed by atoms with Gasteiger partial charge in [0.05, 0.1) is 13.2 Å². The van der Waals surface area contributed by atoms with Crippen molar-refractivity contribution < 1.29 is 14.3 Å². The number of nitrogens with zero attached hydrogens (tertiary/aromatic N) is 2. The average molecular weight is 332 g/mol. The smallest absolute Gasteiger partial charge is 0.254 e. The molecule has 2 aliphatic heterocycles. The molecule has 0 unspecified atom stereocenters. The fraction of sp³-hybridized carbons (Fsp3) is 0.632. The predicted molar refractivity (Wildman–Crippen MR) is 93.3 cm³/mol. The van der Waals surface area contributed by atoms with Gasteiger partial charge in [0.25, 0.3) is 5.91 Å². The third-order valence-electron chi connectivity index (χ3n) is 4.95. The normalized spacial score (nSPS) is 20.0. The summed E-state index contributed by atoms with van der Waals surface area (Å²) in [4.78, 5) is 17.5. The molecule has 2 saturated heterocycles. The van der Waals surface area contributed by atoms with Crippen molar-refractivity contribution in [2.24, 2.45) is 0 Å². The van der Waals surface area contributed by atoms with Crippen molar-refractivity contribution in [2.75, 3.05) is 52.6 Å². The van der Waals surface area contributed by atoms with Crippen LogP contribution >= 0.6 is 0 Å². The van der Waals surface area contributed by atoms with Crippen LogP contribution in [0.2, 0.25) is 0 Å². The molecule has 2 fully saturated rings. The molecule has 24 heavy (non-hydrogen) atoms. The Morgan fingerprint density at radius 1 is 1.08 bits per heavy atom. The van der Waals surface area contributed by atoms with Crippen molar-refractivity contribution in [2.45, 2.75) is 25.8 Å². The molecule has 0 aliphatic carbocycles. The number of amides is 1. The van der Waals surface area contributed by atoms with E-state index in [1.165, 1.54) is 5.56 Å². The monoisotopic (exact) mass is 332 g/mol. The summed E-state index contributed by atoms with van der Waals surface area (Å²) in [6.07, 6.45) is 1.86. The van der Waals surface area contributed by atoms with E-state index in [0.29, 0.717) is 0 Å². The van der Waals surface area contributed by atoms with Crippen molar-refractivity contribution in [1.29, 1.82) is 0 Å². The summed E-state index contributed by atoms with van der Waals surface area (Å²) in [7, 11) is 0. The molecular formula is C19H28N2O3. The highest BCUT2D eigenvalue weighted by Crippen LogP contribution is 2.18. The standard InChI is InChI=1S/C19H28N2O3/c1-16-2-4-17(5-3-16)19(22)21(18-6-12-23-13-7-18)9-8-20-10-14-24-15-11-20/h2-5,18H,6-15H2,1H3. The number of aryl methyl sites for hydroxylation is 1. The first-order chi connectivity index (χ1) is 11.7. The van der Waals surface area contributed by atoms with Crippen LogP contribution in [0, 0.1) is 6.92 Å². The molecule has 0 radical (unpaired) electrons. The Labute approximate surface area is 144 Å². The van der Waals surface area contributed by atoms with Crippen LogP contribution in [0.1, 0.15) is 28.8 Å². The molecule has 5 heteroatoms. The minimum atomic E-state index is 0.148. The van der Waals surface area contributed by atoms with Crippen LogP contribution in [-0.4, -0.2) is 74.4 Å². The molecule has 0 atom stereocenters. The van der Waals surface area contributed by atoms with E-state index in [2.05, 4.69) is 9.80 Å². The van der Waals surface area contributed by atoms with Crippen LogP contribution in [0.15, 0.2) is 24.3 Å². The molecule has 0 aromatic heterocycles. The van der Waals surface area contributed by atoms with E-state index in [4.69, 9.17) is 9.47 Å². The Morgan fingerprint density at radius 3 is 2.38 bits per heavy atom. The second-order valence-corrected chi connectivity index (χ2v) is 6.66. The first-order valence-corrected chi connectivity index (χ1v) is 8.99. The molecule has 2 aliphatic rings. The van der Waals surface area contributed by atoms with Crippen LogP contribution in [0.4, 0.5) is 0 Å². The summed E-state index contributed by atoms with van der Waals surface area (Å²) in [5, 5.41) is 0. The molecule has 0 spiro atoms. The van der Waals surface area contributed by atoms with Gasteiger partial charge in [-0.05, 0) is 31.9 Å². The molecule has 3 rings (SSSR count). The van der Waals surface area contributed by atoms with Gasteiger partial charge in [0, 0.05) is 51.0 Å². The highest BCUT2D eigenvalue weighted by atomic mass is 16.5. The SMILES string of the molecule is Cc1ccc(C(=O)N(CCN2CCOCC2)C2CCOCC2)cc1. The highest BCUT2D eigenvalue weighted by Gasteiger charge is 2.27. The van der Waals surface area contributed by atoms with Gasteiger partial charge >= 0.3 is 0 Å². The van der Waals surface area contributed by atoms with Crippen LogP contribution < -0.4 is 0 Å².